The zero-order chi connectivity index (χ0) is 36.2. The number of halogens is 2. The Balaban J connectivity index is 1.02. The third-order valence-corrected chi connectivity index (χ3v) is 11.1. The van der Waals surface area contributed by atoms with Crippen molar-refractivity contribution < 1.29 is 39.9 Å². The molecule has 5 atom stereocenters. The number of ether oxygens (including phenoxy) is 1. The Morgan fingerprint density at radius 3 is 2.37 bits per heavy atom. The van der Waals surface area contributed by atoms with Gasteiger partial charge in [-0.25, -0.2) is 4.98 Å². The van der Waals surface area contributed by atoms with Gasteiger partial charge in [0.15, 0.2) is 0 Å². The molecule has 274 valence electrons. The summed E-state index contributed by atoms with van der Waals surface area (Å²) in [6, 6.07) is 14.9. The lowest BCUT2D eigenvalue weighted by atomic mass is 10.0. The number of para-hydroxylation sites is 2. The molecule has 16 heteroatoms. The zero-order valence-corrected chi connectivity index (χ0v) is 30.0. The first-order valence-electron chi connectivity index (χ1n) is 16.7. The summed E-state index contributed by atoms with van der Waals surface area (Å²) in [4.78, 5) is 37.1. The van der Waals surface area contributed by atoms with Crippen molar-refractivity contribution >= 4 is 58.2 Å². The molecule has 3 aromatic rings. The minimum Gasteiger partial charge on any atom is -0.487 e. The summed E-state index contributed by atoms with van der Waals surface area (Å²) < 4.78 is 5.85. The normalized spacial score (nSPS) is 20.0. The van der Waals surface area contributed by atoms with E-state index in [-0.39, 0.29) is 24.2 Å². The highest BCUT2D eigenvalue weighted by Gasteiger charge is 2.40. The third kappa shape index (κ3) is 8.73. The van der Waals surface area contributed by atoms with Gasteiger partial charge in [-0.2, -0.15) is 0 Å². The van der Waals surface area contributed by atoms with E-state index < -0.39 is 43.5 Å². The molecule has 51 heavy (non-hydrogen) atoms. The number of pyridine rings is 1. The largest absolute Gasteiger partial charge is 0.487 e. The first-order chi connectivity index (χ1) is 24.5. The molecular formula is C35H41Cl2N5O8S. The number of rotatable bonds is 14. The van der Waals surface area contributed by atoms with Gasteiger partial charge in [0.1, 0.15) is 36.4 Å². The highest BCUT2D eigenvalue weighted by molar-refractivity contribution is 7.99. The monoisotopic (exact) mass is 761 g/mol. The predicted molar refractivity (Wildman–Crippen MR) is 194 cm³/mol. The van der Waals surface area contributed by atoms with Crippen LogP contribution in [0.25, 0.3) is 0 Å². The molecule has 2 aromatic carbocycles. The van der Waals surface area contributed by atoms with Crippen LogP contribution in [-0.2, 0) is 17.9 Å². The van der Waals surface area contributed by atoms with Crippen LogP contribution in [-0.4, -0.2) is 122 Å². The molecule has 0 unspecified atom stereocenters. The molecule has 2 fully saturated rings. The van der Waals surface area contributed by atoms with Crippen molar-refractivity contribution in [1.29, 1.82) is 0 Å². The van der Waals surface area contributed by atoms with Gasteiger partial charge in [0.05, 0.1) is 36.3 Å². The number of nitrogens with zero attached hydrogens (tertiary/aromatic N) is 4. The SMILES string of the molecule is O=C(NC[C@H](O)[C@@H](O)[C@H](O)[C@H](O)CO)c1ccc(OCc2cc(Cl)c(CN3CSC[C@H]3C(=O)N3CCN(C4CC4)c4ccccc43)cc2Cl)cn1. The average Bonchev–Trinajstić information content (AvgIpc) is 3.90. The second kappa shape index (κ2) is 16.7. The van der Waals surface area contributed by atoms with Crippen LogP contribution in [0.15, 0.2) is 54.7 Å². The van der Waals surface area contributed by atoms with E-state index in [1.807, 2.05) is 23.1 Å². The Bertz CT molecular complexity index is 1700. The zero-order valence-electron chi connectivity index (χ0n) is 27.6. The van der Waals surface area contributed by atoms with Crippen LogP contribution in [0.3, 0.4) is 0 Å². The van der Waals surface area contributed by atoms with Crippen LogP contribution in [0.4, 0.5) is 11.4 Å². The van der Waals surface area contributed by atoms with Crippen molar-refractivity contribution in [1.82, 2.24) is 15.2 Å². The molecule has 1 aromatic heterocycles. The molecule has 1 saturated heterocycles. The van der Waals surface area contributed by atoms with Crippen molar-refractivity contribution in [3.8, 4) is 5.75 Å². The Kier molecular flexibility index (Phi) is 12.3. The number of nitrogens with one attached hydrogen (secondary N) is 1. The number of hydrogen-bond donors (Lipinski definition) is 6. The van der Waals surface area contributed by atoms with Crippen LogP contribution in [0, 0.1) is 0 Å². The molecule has 6 N–H and O–H groups in total. The maximum atomic E-state index is 14.0. The minimum absolute atomic E-state index is 0.00648. The molecule has 3 aliphatic rings. The van der Waals surface area contributed by atoms with Crippen LogP contribution in [0.2, 0.25) is 10.0 Å². The molecule has 1 saturated carbocycles. The fourth-order valence-electron chi connectivity index (χ4n) is 6.23. The maximum absolute atomic E-state index is 14.0. The molecule has 6 rings (SSSR count). The molecule has 0 radical (unpaired) electrons. The van der Waals surface area contributed by atoms with Crippen LogP contribution in [0.5, 0.6) is 5.75 Å². The van der Waals surface area contributed by atoms with Gasteiger partial charge in [-0.1, -0.05) is 35.3 Å². The second-order valence-electron chi connectivity index (χ2n) is 12.9. The second-order valence-corrected chi connectivity index (χ2v) is 14.7. The summed E-state index contributed by atoms with van der Waals surface area (Å²) >= 11 is 15.1. The molecule has 3 heterocycles. The van der Waals surface area contributed by atoms with E-state index in [1.165, 1.54) is 31.2 Å². The number of aliphatic hydroxyl groups is 5. The molecular weight excluding hydrogens is 721 g/mol. The maximum Gasteiger partial charge on any atom is 0.269 e. The van der Waals surface area contributed by atoms with E-state index in [0.29, 0.717) is 52.1 Å². The van der Waals surface area contributed by atoms with Crippen molar-refractivity contribution in [2.75, 3.05) is 47.7 Å². The van der Waals surface area contributed by atoms with Crippen LogP contribution in [0.1, 0.15) is 34.5 Å². The van der Waals surface area contributed by atoms with Crippen LogP contribution >= 0.6 is 35.0 Å². The molecule has 13 nitrogen and oxygen atoms in total. The third-order valence-electron chi connectivity index (χ3n) is 9.31. The van der Waals surface area contributed by atoms with Gasteiger partial charge in [0.2, 0.25) is 5.91 Å². The standard InChI is InChI=1S/C35H41Cl2N5O8S/c36-24-12-21(17-50-23-7-8-26(38-13-23)34(48)39-14-30(44)32(46)33(47)31(45)16-43)25(37)11-20(24)15-40-19-51-18-29(40)35(49)42-10-9-41(22-5-6-22)27-3-1-2-4-28(27)42/h1-4,7-8,11-13,22,29-33,43-47H,5-6,9-10,14-19H2,(H,39,48)/t29-,30-,31+,32+,33+/m0/s1. The Hall–Kier alpha value is -3.18. The summed E-state index contributed by atoms with van der Waals surface area (Å²) in [5, 5.41) is 51.3. The van der Waals surface area contributed by atoms with E-state index in [0.717, 1.165) is 23.5 Å². The smallest absolute Gasteiger partial charge is 0.269 e. The number of anilines is 2. The molecule has 2 aliphatic heterocycles. The van der Waals surface area contributed by atoms with Crippen molar-refractivity contribution in [3.05, 3.63) is 81.6 Å². The predicted octanol–water partition coefficient (Wildman–Crippen LogP) is 2.02. The molecule has 1 aliphatic carbocycles. The Morgan fingerprint density at radius 1 is 0.961 bits per heavy atom. The molecule has 2 amide bonds. The first kappa shape index (κ1) is 37.6. The lowest BCUT2D eigenvalue weighted by Crippen LogP contribution is -2.52. The van der Waals surface area contributed by atoms with Gasteiger partial charge in [-0.15, -0.1) is 11.8 Å². The number of carbonyl (C=O) groups excluding carboxylic acids is 2. The lowest BCUT2D eigenvalue weighted by molar-refractivity contribution is -0.122. The van der Waals surface area contributed by atoms with E-state index in [1.54, 1.807) is 23.9 Å². The van der Waals surface area contributed by atoms with Gasteiger partial charge < -0.3 is 45.4 Å². The summed E-state index contributed by atoms with van der Waals surface area (Å²) in [5.74, 6) is 1.19. The van der Waals surface area contributed by atoms with Gasteiger partial charge in [-0.3, -0.25) is 14.5 Å². The van der Waals surface area contributed by atoms with E-state index in [4.69, 9.17) is 33.0 Å². The van der Waals surface area contributed by atoms with Crippen LogP contribution < -0.4 is 19.9 Å². The number of carbonyl (C=O) groups is 2. The quantitative estimate of drug-likeness (QED) is 0.141. The number of fused-ring (bicyclic) bond motifs is 1. The number of aliphatic hydroxyl groups excluding tert-OH is 5. The van der Waals surface area contributed by atoms with E-state index in [2.05, 4.69) is 26.2 Å². The van der Waals surface area contributed by atoms with Gasteiger partial charge >= 0.3 is 0 Å². The summed E-state index contributed by atoms with van der Waals surface area (Å²) in [6.45, 7) is 0.777. The van der Waals surface area contributed by atoms with E-state index in [9.17, 15) is 30.0 Å². The van der Waals surface area contributed by atoms with Crippen molar-refractivity contribution in [2.24, 2.45) is 0 Å². The van der Waals surface area contributed by atoms with Gasteiger partial charge in [-0.05, 0) is 54.8 Å². The number of thioether (sulfide) groups is 1. The number of hydrogen-bond acceptors (Lipinski definition) is 12. The molecule has 0 spiro atoms. The highest BCUT2D eigenvalue weighted by atomic mass is 35.5. The number of aromatic nitrogens is 1. The summed E-state index contributed by atoms with van der Waals surface area (Å²) in [6.07, 6.45) is -3.11. The Labute approximate surface area is 309 Å². The average molecular weight is 763 g/mol. The topological polar surface area (TPSA) is 179 Å². The van der Waals surface area contributed by atoms with Crippen molar-refractivity contribution in [2.45, 2.75) is 62.5 Å². The lowest BCUT2D eigenvalue weighted by Gasteiger charge is -2.39. The Morgan fingerprint density at radius 2 is 1.67 bits per heavy atom. The number of benzene rings is 2. The van der Waals surface area contributed by atoms with E-state index >= 15 is 0 Å². The van der Waals surface area contributed by atoms with Gasteiger partial charge in [0, 0.05) is 59.5 Å². The van der Waals surface area contributed by atoms with Crippen molar-refractivity contribution in [3.63, 3.8) is 0 Å². The number of amides is 2. The first-order valence-corrected chi connectivity index (χ1v) is 18.6. The fraction of sp³-hybridized carbons (Fsp3) is 0.457. The minimum atomic E-state index is -1.80. The van der Waals surface area contributed by atoms with Gasteiger partial charge in [0.25, 0.3) is 5.91 Å². The summed E-state index contributed by atoms with van der Waals surface area (Å²) in [7, 11) is 0. The molecule has 0 bridgehead atoms. The highest BCUT2D eigenvalue weighted by Crippen LogP contribution is 2.41. The summed E-state index contributed by atoms with van der Waals surface area (Å²) in [5.41, 5.74) is 3.56. The fourth-order valence-corrected chi connectivity index (χ4v) is 7.91.